The maximum Gasteiger partial charge on any atom is 0.418 e. The zero-order chi connectivity index (χ0) is 23.3. The quantitative estimate of drug-likeness (QED) is 0.407. The number of halogens is 3. The molecule has 6 nitrogen and oxygen atoms in total. The second-order valence-corrected chi connectivity index (χ2v) is 6.83. The Kier molecular flexibility index (Phi) is 6.64. The molecule has 0 saturated carbocycles. The smallest absolute Gasteiger partial charge is 0.418 e. The monoisotopic (exact) mass is 441 g/mol. The van der Waals surface area contributed by atoms with Gasteiger partial charge in [0.25, 0.3) is 5.91 Å². The lowest BCUT2D eigenvalue weighted by Crippen LogP contribution is -2.17. The molecule has 2 aromatic carbocycles. The molecular weight excluding hydrogens is 423 g/mol. The topological polar surface area (TPSA) is 88.2 Å². The summed E-state index contributed by atoms with van der Waals surface area (Å²) in [4.78, 5) is 12.4. The van der Waals surface area contributed by atoms with Crippen molar-refractivity contribution in [3.05, 3.63) is 82.2 Å². The third-order valence-corrected chi connectivity index (χ3v) is 4.60. The highest BCUT2D eigenvalue weighted by atomic mass is 19.4. The molecule has 0 saturated heterocycles. The fraction of sp³-hybridized carbons (Fsp3) is 0.174. The Morgan fingerprint density at radius 1 is 1.19 bits per heavy atom. The number of carbonyl (C=O) groups excluding carboxylic acids is 1. The average molecular weight is 441 g/mol. The summed E-state index contributed by atoms with van der Waals surface area (Å²) in [7, 11) is 0. The molecule has 3 aromatic rings. The van der Waals surface area contributed by atoms with Crippen LogP contribution in [0, 0.1) is 25.2 Å². The van der Waals surface area contributed by atoms with Crippen LogP contribution in [0.15, 0.2) is 58.6 Å². The highest BCUT2D eigenvalue weighted by Gasteiger charge is 2.33. The minimum atomic E-state index is -4.64. The summed E-state index contributed by atoms with van der Waals surface area (Å²) in [5.41, 5.74) is 0.326. The predicted molar refractivity (Wildman–Crippen MR) is 110 cm³/mol. The number of anilines is 1. The van der Waals surface area contributed by atoms with Crippen LogP contribution in [-0.4, -0.2) is 11.1 Å². The number of alkyl halides is 3. The first-order valence-corrected chi connectivity index (χ1v) is 9.43. The molecule has 0 aliphatic carbocycles. The van der Waals surface area contributed by atoms with Crippen molar-refractivity contribution in [2.75, 3.05) is 5.32 Å². The second-order valence-electron chi connectivity index (χ2n) is 6.83. The Morgan fingerprint density at radius 2 is 1.88 bits per heavy atom. The Bertz CT molecular complexity index is 1170. The van der Waals surface area contributed by atoms with E-state index in [1.165, 1.54) is 18.2 Å². The zero-order valence-corrected chi connectivity index (χ0v) is 17.2. The number of nitrogens with zero attached hydrogens (tertiary/aromatic N) is 2. The van der Waals surface area contributed by atoms with E-state index in [0.717, 1.165) is 23.4 Å². The summed E-state index contributed by atoms with van der Waals surface area (Å²) in [6.07, 6.45) is -3.36. The number of ether oxygens (including phenoxy) is 1. The highest BCUT2D eigenvalue weighted by Crippen LogP contribution is 2.34. The highest BCUT2D eigenvalue weighted by molar-refractivity contribution is 6.10. The molecule has 0 aliphatic rings. The van der Waals surface area contributed by atoms with Crippen molar-refractivity contribution in [1.29, 1.82) is 5.26 Å². The van der Waals surface area contributed by atoms with E-state index in [0.29, 0.717) is 17.1 Å². The number of rotatable bonds is 6. The average Bonchev–Trinajstić information content (AvgIpc) is 3.08. The second kappa shape index (κ2) is 9.39. The maximum atomic E-state index is 13.1. The van der Waals surface area contributed by atoms with Crippen LogP contribution in [0.25, 0.3) is 6.08 Å². The first kappa shape index (κ1) is 22.6. The van der Waals surface area contributed by atoms with Crippen molar-refractivity contribution < 1.29 is 27.2 Å². The van der Waals surface area contributed by atoms with Gasteiger partial charge >= 0.3 is 6.18 Å². The molecule has 9 heteroatoms. The number of carbonyl (C=O) groups is 1. The molecular formula is C23H18F3N3O3. The van der Waals surface area contributed by atoms with Crippen LogP contribution in [0.3, 0.4) is 0 Å². The van der Waals surface area contributed by atoms with Crippen LogP contribution in [0.5, 0.6) is 5.75 Å². The molecule has 0 radical (unpaired) electrons. The molecule has 0 bridgehead atoms. The molecule has 0 unspecified atom stereocenters. The largest absolute Gasteiger partial charge is 0.489 e. The lowest BCUT2D eigenvalue weighted by Gasteiger charge is -2.13. The molecule has 1 N–H and O–H groups in total. The minimum Gasteiger partial charge on any atom is -0.489 e. The van der Waals surface area contributed by atoms with E-state index in [9.17, 15) is 23.2 Å². The minimum absolute atomic E-state index is 0.265. The van der Waals surface area contributed by atoms with Gasteiger partial charge in [0.15, 0.2) is 0 Å². The molecule has 1 heterocycles. The molecule has 3 rings (SSSR count). The molecule has 32 heavy (non-hydrogen) atoms. The zero-order valence-electron chi connectivity index (χ0n) is 17.2. The fourth-order valence-corrected chi connectivity index (χ4v) is 2.87. The van der Waals surface area contributed by atoms with Gasteiger partial charge in [-0.25, -0.2) is 0 Å². The number of para-hydroxylation sites is 1. The van der Waals surface area contributed by atoms with Gasteiger partial charge < -0.3 is 14.6 Å². The van der Waals surface area contributed by atoms with Gasteiger partial charge in [-0.15, -0.1) is 0 Å². The summed E-state index contributed by atoms with van der Waals surface area (Å²) in [6.45, 7) is 3.86. The lowest BCUT2D eigenvalue weighted by atomic mass is 10.1. The Morgan fingerprint density at radius 3 is 2.47 bits per heavy atom. The van der Waals surface area contributed by atoms with Gasteiger partial charge in [0.1, 0.15) is 29.8 Å². The Balaban J connectivity index is 1.71. The number of aryl methyl sites for hydroxylation is 2. The fourth-order valence-electron chi connectivity index (χ4n) is 2.87. The molecule has 1 aromatic heterocycles. The molecule has 0 fully saturated rings. The standard InChI is InChI=1S/C23H18F3N3O3/c1-14-19(15(2)32-29-14)13-31-18-9-7-16(8-10-18)11-17(12-27)22(30)28-21-6-4-3-5-20(21)23(24,25)26/h3-11H,13H2,1-2H3,(H,28,30)/b17-11+. The van der Waals surface area contributed by atoms with Gasteiger partial charge in [-0.3, -0.25) is 4.79 Å². The number of hydrogen-bond acceptors (Lipinski definition) is 5. The van der Waals surface area contributed by atoms with Gasteiger partial charge in [0, 0.05) is 0 Å². The van der Waals surface area contributed by atoms with Gasteiger partial charge in [0.05, 0.1) is 22.5 Å². The van der Waals surface area contributed by atoms with Crippen LogP contribution in [0.2, 0.25) is 0 Å². The Labute approximate surface area is 181 Å². The van der Waals surface area contributed by atoms with Crippen LogP contribution in [-0.2, 0) is 17.6 Å². The van der Waals surface area contributed by atoms with E-state index in [-0.39, 0.29) is 12.2 Å². The van der Waals surface area contributed by atoms with Crippen LogP contribution in [0.1, 0.15) is 28.1 Å². The summed E-state index contributed by atoms with van der Waals surface area (Å²) in [6, 6.07) is 12.8. The normalized spacial score (nSPS) is 11.7. The van der Waals surface area contributed by atoms with E-state index in [4.69, 9.17) is 9.26 Å². The third kappa shape index (κ3) is 5.35. The van der Waals surface area contributed by atoms with Crippen molar-refractivity contribution >= 4 is 17.7 Å². The van der Waals surface area contributed by atoms with Crippen molar-refractivity contribution in [2.24, 2.45) is 0 Å². The SMILES string of the molecule is Cc1noc(C)c1COc1ccc(/C=C(\C#N)C(=O)Nc2ccccc2C(F)(F)F)cc1. The molecule has 0 spiro atoms. The lowest BCUT2D eigenvalue weighted by molar-refractivity contribution is -0.137. The van der Waals surface area contributed by atoms with E-state index in [2.05, 4.69) is 10.5 Å². The molecule has 0 aliphatic heterocycles. The molecule has 0 atom stereocenters. The van der Waals surface area contributed by atoms with Gasteiger partial charge in [-0.1, -0.05) is 29.4 Å². The number of aromatic nitrogens is 1. The summed E-state index contributed by atoms with van der Waals surface area (Å²) >= 11 is 0. The van der Waals surface area contributed by atoms with Crippen LogP contribution in [0.4, 0.5) is 18.9 Å². The van der Waals surface area contributed by atoms with Gasteiger partial charge in [-0.05, 0) is 49.8 Å². The van der Waals surface area contributed by atoms with E-state index >= 15 is 0 Å². The van der Waals surface area contributed by atoms with Crippen LogP contribution < -0.4 is 10.1 Å². The van der Waals surface area contributed by atoms with Crippen molar-refractivity contribution in [3.8, 4) is 11.8 Å². The first-order valence-electron chi connectivity index (χ1n) is 9.43. The van der Waals surface area contributed by atoms with Crippen molar-refractivity contribution in [3.63, 3.8) is 0 Å². The van der Waals surface area contributed by atoms with Gasteiger partial charge in [-0.2, -0.15) is 18.4 Å². The van der Waals surface area contributed by atoms with Crippen molar-refractivity contribution in [2.45, 2.75) is 26.6 Å². The summed E-state index contributed by atoms with van der Waals surface area (Å²) in [5, 5.41) is 15.3. The van der Waals surface area contributed by atoms with Crippen molar-refractivity contribution in [1.82, 2.24) is 5.16 Å². The summed E-state index contributed by atoms with van der Waals surface area (Å²) in [5.74, 6) is 0.269. The number of nitriles is 1. The number of benzene rings is 2. The van der Waals surface area contributed by atoms with E-state index in [1.54, 1.807) is 37.3 Å². The number of hydrogen-bond donors (Lipinski definition) is 1. The molecule has 164 valence electrons. The number of nitrogens with one attached hydrogen (secondary N) is 1. The summed E-state index contributed by atoms with van der Waals surface area (Å²) < 4.78 is 50.1. The maximum absolute atomic E-state index is 13.1. The van der Waals surface area contributed by atoms with E-state index in [1.807, 2.05) is 6.92 Å². The third-order valence-electron chi connectivity index (χ3n) is 4.60. The molecule has 1 amide bonds. The van der Waals surface area contributed by atoms with Gasteiger partial charge in [0.2, 0.25) is 0 Å². The Hall–Kier alpha value is -4.06. The van der Waals surface area contributed by atoms with Crippen LogP contribution >= 0.6 is 0 Å². The predicted octanol–water partition coefficient (Wildman–Crippen LogP) is 5.43. The first-order chi connectivity index (χ1) is 15.2. The van der Waals surface area contributed by atoms with E-state index < -0.39 is 23.3 Å². The number of amides is 1.